The van der Waals surface area contributed by atoms with Crippen molar-refractivity contribution in [3.8, 4) is 0 Å². The van der Waals surface area contributed by atoms with Gasteiger partial charge in [-0.3, -0.25) is 4.79 Å². The maximum atomic E-state index is 11.5. The summed E-state index contributed by atoms with van der Waals surface area (Å²) in [6.45, 7) is 0.950. The molecule has 1 aliphatic heterocycles. The summed E-state index contributed by atoms with van der Waals surface area (Å²) >= 11 is 0. The first-order valence-electron chi connectivity index (χ1n) is 4.69. The van der Waals surface area contributed by atoms with Crippen LogP contribution in [0.1, 0.15) is 31.9 Å². The second-order valence-corrected chi connectivity index (χ2v) is 3.37. The van der Waals surface area contributed by atoms with Crippen LogP contribution in [-0.4, -0.2) is 12.3 Å². The Kier molecular flexibility index (Phi) is 3.84. The minimum absolute atomic E-state index is 0. The standard InChI is InChI=1S/C11H13NO.CH4/c13-10-7-4-8-12-11(10)9-5-2-1-3-6-9;/h1-3,5-6,11-12H,4,7-8H2;1H4/t11-;/m0./s1. The third-order valence-electron chi connectivity index (χ3n) is 2.40. The summed E-state index contributed by atoms with van der Waals surface area (Å²) in [4.78, 5) is 11.5. The molecule has 0 saturated carbocycles. The van der Waals surface area contributed by atoms with Gasteiger partial charge in [-0.2, -0.15) is 0 Å². The molecular formula is C12H17NO. The average molecular weight is 191 g/mol. The van der Waals surface area contributed by atoms with E-state index in [2.05, 4.69) is 5.32 Å². The third-order valence-corrected chi connectivity index (χ3v) is 2.40. The van der Waals surface area contributed by atoms with Crippen LogP contribution in [0.25, 0.3) is 0 Å². The van der Waals surface area contributed by atoms with Crippen LogP contribution in [0.15, 0.2) is 30.3 Å². The summed E-state index contributed by atoms with van der Waals surface area (Å²) in [6.07, 6.45) is 1.69. The van der Waals surface area contributed by atoms with Crippen molar-refractivity contribution in [2.45, 2.75) is 26.3 Å². The smallest absolute Gasteiger partial charge is 0.154 e. The van der Waals surface area contributed by atoms with Gasteiger partial charge in [-0.05, 0) is 18.5 Å². The van der Waals surface area contributed by atoms with Crippen molar-refractivity contribution in [1.29, 1.82) is 0 Å². The van der Waals surface area contributed by atoms with Gasteiger partial charge in [0.05, 0.1) is 6.04 Å². The topological polar surface area (TPSA) is 29.1 Å². The summed E-state index contributed by atoms with van der Waals surface area (Å²) in [5.74, 6) is 0.317. The Morgan fingerprint density at radius 3 is 2.57 bits per heavy atom. The van der Waals surface area contributed by atoms with E-state index in [1.54, 1.807) is 0 Å². The zero-order valence-corrected chi connectivity index (χ0v) is 7.49. The zero-order chi connectivity index (χ0) is 9.10. The molecule has 2 heteroatoms. The largest absolute Gasteiger partial charge is 0.304 e. The van der Waals surface area contributed by atoms with Crippen molar-refractivity contribution in [1.82, 2.24) is 5.32 Å². The first-order valence-corrected chi connectivity index (χ1v) is 4.69. The Balaban J connectivity index is 0.000000980. The van der Waals surface area contributed by atoms with Crippen molar-refractivity contribution >= 4 is 5.78 Å². The lowest BCUT2D eigenvalue weighted by atomic mass is 9.96. The molecule has 1 aromatic rings. The highest BCUT2D eigenvalue weighted by atomic mass is 16.1. The molecule has 0 bridgehead atoms. The van der Waals surface area contributed by atoms with Gasteiger partial charge in [-0.1, -0.05) is 37.8 Å². The molecule has 2 rings (SSSR count). The van der Waals surface area contributed by atoms with Gasteiger partial charge >= 0.3 is 0 Å². The maximum Gasteiger partial charge on any atom is 0.154 e. The van der Waals surface area contributed by atoms with Gasteiger partial charge in [0.2, 0.25) is 0 Å². The Bertz CT molecular complexity index is 294. The number of nitrogens with one attached hydrogen (secondary N) is 1. The first-order chi connectivity index (χ1) is 6.38. The highest BCUT2D eigenvalue weighted by Crippen LogP contribution is 2.18. The van der Waals surface area contributed by atoms with Crippen molar-refractivity contribution in [2.24, 2.45) is 0 Å². The fourth-order valence-electron chi connectivity index (χ4n) is 1.72. The zero-order valence-electron chi connectivity index (χ0n) is 7.49. The van der Waals surface area contributed by atoms with Crippen LogP contribution < -0.4 is 5.32 Å². The minimum Gasteiger partial charge on any atom is -0.304 e. The van der Waals surface area contributed by atoms with Gasteiger partial charge in [-0.25, -0.2) is 0 Å². The van der Waals surface area contributed by atoms with Crippen LogP contribution in [0.4, 0.5) is 0 Å². The second kappa shape index (κ2) is 4.91. The van der Waals surface area contributed by atoms with Crippen LogP contribution in [0.3, 0.4) is 0 Å². The summed E-state index contributed by atoms with van der Waals surface area (Å²) in [6, 6.07) is 9.85. The predicted octanol–water partition coefficient (Wildman–Crippen LogP) is 2.32. The Morgan fingerprint density at radius 1 is 1.21 bits per heavy atom. The molecule has 2 nitrogen and oxygen atoms in total. The van der Waals surface area contributed by atoms with Crippen molar-refractivity contribution < 1.29 is 4.79 Å². The van der Waals surface area contributed by atoms with Crippen LogP contribution in [0.2, 0.25) is 0 Å². The van der Waals surface area contributed by atoms with E-state index >= 15 is 0 Å². The Labute approximate surface area is 85.3 Å². The lowest BCUT2D eigenvalue weighted by Crippen LogP contribution is -2.34. The highest BCUT2D eigenvalue weighted by Gasteiger charge is 2.22. The average Bonchev–Trinajstić information content (AvgIpc) is 2.20. The van der Waals surface area contributed by atoms with Gasteiger partial charge in [0.15, 0.2) is 5.78 Å². The van der Waals surface area contributed by atoms with E-state index in [1.165, 1.54) is 0 Å². The van der Waals surface area contributed by atoms with E-state index < -0.39 is 0 Å². The molecule has 0 spiro atoms. The lowest BCUT2D eigenvalue weighted by Gasteiger charge is -2.22. The minimum atomic E-state index is -0.0602. The third kappa shape index (κ3) is 2.20. The number of carbonyl (C=O) groups is 1. The number of hydrogen-bond acceptors (Lipinski definition) is 2. The molecule has 1 heterocycles. The molecule has 14 heavy (non-hydrogen) atoms. The monoisotopic (exact) mass is 191 g/mol. The lowest BCUT2D eigenvalue weighted by molar-refractivity contribution is -0.122. The molecule has 0 aromatic heterocycles. The van der Waals surface area contributed by atoms with Crippen LogP contribution in [-0.2, 0) is 4.79 Å². The van der Waals surface area contributed by atoms with Gasteiger partial charge in [0.25, 0.3) is 0 Å². The normalized spacial score (nSPS) is 21.4. The van der Waals surface area contributed by atoms with Crippen LogP contribution >= 0.6 is 0 Å². The van der Waals surface area contributed by atoms with Gasteiger partial charge in [-0.15, -0.1) is 0 Å². The number of Topliss-reactive ketones (excluding diaryl/α,β-unsaturated/α-hetero) is 1. The van der Waals surface area contributed by atoms with Gasteiger partial charge in [0.1, 0.15) is 0 Å². The number of carbonyl (C=O) groups excluding carboxylic acids is 1. The number of ketones is 1. The molecular weight excluding hydrogens is 174 g/mol. The molecule has 1 saturated heterocycles. The summed E-state index contributed by atoms with van der Waals surface area (Å²) in [7, 11) is 0. The van der Waals surface area contributed by atoms with E-state index in [1.807, 2.05) is 30.3 Å². The van der Waals surface area contributed by atoms with E-state index in [4.69, 9.17) is 0 Å². The molecule has 0 radical (unpaired) electrons. The number of piperidine rings is 1. The fraction of sp³-hybridized carbons (Fsp3) is 0.417. The van der Waals surface area contributed by atoms with Crippen LogP contribution in [0, 0.1) is 0 Å². The van der Waals surface area contributed by atoms with Crippen molar-refractivity contribution in [2.75, 3.05) is 6.54 Å². The quantitative estimate of drug-likeness (QED) is 0.738. The summed E-state index contributed by atoms with van der Waals surface area (Å²) < 4.78 is 0. The van der Waals surface area contributed by atoms with Crippen molar-refractivity contribution in [3.05, 3.63) is 35.9 Å². The Morgan fingerprint density at radius 2 is 1.93 bits per heavy atom. The van der Waals surface area contributed by atoms with E-state index in [0.717, 1.165) is 18.5 Å². The van der Waals surface area contributed by atoms with Gasteiger partial charge < -0.3 is 5.32 Å². The molecule has 1 N–H and O–H groups in total. The molecule has 1 fully saturated rings. The number of hydrogen-bond donors (Lipinski definition) is 1. The SMILES string of the molecule is C.O=C1CCCN[C@H]1c1ccccc1. The number of benzene rings is 1. The summed E-state index contributed by atoms with van der Waals surface area (Å²) in [5.41, 5.74) is 1.09. The molecule has 1 aliphatic rings. The fourth-order valence-corrected chi connectivity index (χ4v) is 1.72. The molecule has 1 aromatic carbocycles. The van der Waals surface area contributed by atoms with Crippen molar-refractivity contribution in [3.63, 3.8) is 0 Å². The summed E-state index contributed by atoms with van der Waals surface area (Å²) in [5, 5.41) is 3.24. The van der Waals surface area contributed by atoms with E-state index in [-0.39, 0.29) is 13.5 Å². The predicted molar refractivity (Wildman–Crippen MR) is 58.2 cm³/mol. The second-order valence-electron chi connectivity index (χ2n) is 3.37. The Hall–Kier alpha value is -1.15. The molecule has 0 unspecified atom stereocenters. The molecule has 0 amide bonds. The van der Waals surface area contributed by atoms with Gasteiger partial charge in [0, 0.05) is 6.42 Å². The molecule has 0 aliphatic carbocycles. The van der Waals surface area contributed by atoms with E-state index in [0.29, 0.717) is 12.2 Å². The first kappa shape index (κ1) is 10.9. The molecule has 76 valence electrons. The van der Waals surface area contributed by atoms with E-state index in [9.17, 15) is 4.79 Å². The van der Waals surface area contributed by atoms with Crippen LogP contribution in [0.5, 0.6) is 0 Å². The highest BCUT2D eigenvalue weighted by molar-refractivity contribution is 5.85. The maximum absolute atomic E-state index is 11.5. The number of rotatable bonds is 1. The molecule has 1 atom stereocenters.